The first-order valence-electron chi connectivity index (χ1n) is 9.67. The molecule has 0 radical (unpaired) electrons. The van der Waals surface area contributed by atoms with Crippen molar-refractivity contribution < 1.29 is 23.4 Å². The van der Waals surface area contributed by atoms with Gasteiger partial charge in [0.25, 0.3) is 0 Å². The van der Waals surface area contributed by atoms with Crippen molar-refractivity contribution >= 4 is 17.9 Å². The number of hydrogen-bond donors (Lipinski definition) is 0. The van der Waals surface area contributed by atoms with Crippen LogP contribution >= 0.6 is 0 Å². The minimum atomic E-state index is -0.571. The number of aryl methyl sites for hydroxylation is 1. The maximum atomic E-state index is 13.1. The average Bonchev–Trinajstić information content (AvgIpc) is 3.13. The molecule has 4 rings (SSSR count). The van der Waals surface area contributed by atoms with Gasteiger partial charge in [0.05, 0.1) is 7.11 Å². The Hall–Kier alpha value is -3.93. The van der Waals surface area contributed by atoms with E-state index in [9.17, 15) is 9.18 Å². The summed E-state index contributed by atoms with van der Waals surface area (Å²) in [6, 6.07) is 19.0. The molecule has 0 spiro atoms. The highest BCUT2D eigenvalue weighted by molar-refractivity contribution is 6.12. The summed E-state index contributed by atoms with van der Waals surface area (Å²) in [4.78, 5) is 16.4. The second-order valence-electron chi connectivity index (χ2n) is 7.03. The quantitative estimate of drug-likeness (QED) is 0.415. The van der Waals surface area contributed by atoms with E-state index >= 15 is 0 Å². The van der Waals surface area contributed by atoms with Gasteiger partial charge in [0.2, 0.25) is 5.90 Å². The largest absolute Gasteiger partial charge is 0.493 e. The van der Waals surface area contributed by atoms with Crippen LogP contribution in [-0.2, 0) is 16.1 Å². The molecule has 0 atom stereocenters. The van der Waals surface area contributed by atoms with Gasteiger partial charge in [0, 0.05) is 5.56 Å². The minimum Gasteiger partial charge on any atom is -0.493 e. The second kappa shape index (κ2) is 8.83. The first-order chi connectivity index (χ1) is 15.0. The molecule has 1 aliphatic heterocycles. The molecule has 0 saturated carbocycles. The molecule has 1 heterocycles. The summed E-state index contributed by atoms with van der Waals surface area (Å²) >= 11 is 0. The molecule has 3 aromatic rings. The lowest BCUT2D eigenvalue weighted by molar-refractivity contribution is -0.129. The Labute approximate surface area is 179 Å². The van der Waals surface area contributed by atoms with E-state index in [1.54, 1.807) is 31.4 Å². The van der Waals surface area contributed by atoms with E-state index < -0.39 is 5.97 Å². The summed E-state index contributed by atoms with van der Waals surface area (Å²) in [7, 11) is 1.56. The molecule has 156 valence electrons. The number of cyclic esters (lactones) is 1. The zero-order valence-electron chi connectivity index (χ0n) is 17.1. The van der Waals surface area contributed by atoms with Crippen LogP contribution in [0.4, 0.5) is 4.39 Å². The van der Waals surface area contributed by atoms with Crippen LogP contribution in [0.2, 0.25) is 0 Å². The molecule has 0 aliphatic carbocycles. The first-order valence-corrected chi connectivity index (χ1v) is 9.67. The molecule has 31 heavy (non-hydrogen) atoms. The van der Waals surface area contributed by atoms with Crippen molar-refractivity contribution in [2.24, 2.45) is 4.99 Å². The maximum absolute atomic E-state index is 13.1. The highest BCUT2D eigenvalue weighted by atomic mass is 19.1. The van der Waals surface area contributed by atoms with Crippen LogP contribution in [0.5, 0.6) is 11.5 Å². The highest BCUT2D eigenvalue weighted by Crippen LogP contribution is 2.30. The van der Waals surface area contributed by atoms with Crippen molar-refractivity contribution in [2.45, 2.75) is 13.5 Å². The highest BCUT2D eigenvalue weighted by Gasteiger charge is 2.24. The topological polar surface area (TPSA) is 57.1 Å². The van der Waals surface area contributed by atoms with Crippen LogP contribution < -0.4 is 9.47 Å². The zero-order valence-corrected chi connectivity index (χ0v) is 17.1. The number of aliphatic imine (C=N–C) groups is 1. The van der Waals surface area contributed by atoms with Gasteiger partial charge < -0.3 is 14.2 Å². The van der Waals surface area contributed by atoms with Gasteiger partial charge in [0.1, 0.15) is 12.4 Å². The fourth-order valence-electron chi connectivity index (χ4n) is 3.14. The number of ether oxygens (including phenoxy) is 3. The van der Waals surface area contributed by atoms with Crippen LogP contribution in [0.1, 0.15) is 22.3 Å². The van der Waals surface area contributed by atoms with E-state index in [1.165, 1.54) is 29.8 Å². The van der Waals surface area contributed by atoms with Crippen LogP contribution in [0.25, 0.3) is 6.08 Å². The first kappa shape index (κ1) is 20.3. The Morgan fingerprint density at radius 3 is 2.58 bits per heavy atom. The summed E-state index contributed by atoms with van der Waals surface area (Å²) in [5, 5.41) is 0. The number of esters is 1. The number of rotatable bonds is 6. The van der Waals surface area contributed by atoms with E-state index in [0.717, 1.165) is 5.56 Å². The van der Waals surface area contributed by atoms with Gasteiger partial charge in [-0.05, 0) is 60.5 Å². The van der Waals surface area contributed by atoms with Gasteiger partial charge in [-0.3, -0.25) is 0 Å². The summed E-state index contributed by atoms with van der Waals surface area (Å²) in [5.41, 5.74) is 3.60. The lowest BCUT2D eigenvalue weighted by Gasteiger charge is -2.12. The normalized spacial score (nSPS) is 14.4. The standard InChI is InChI=1S/C25H20FNO4/c1-16-4-3-5-18(12-16)15-30-22-11-6-17(14-23(22)29-2)13-21-25(28)31-24(27-21)19-7-9-20(26)10-8-19/h3-14H,15H2,1-2H3/b21-13-. The van der Waals surface area contributed by atoms with Crippen LogP contribution in [-0.4, -0.2) is 19.0 Å². The number of carbonyl (C=O) groups is 1. The molecule has 0 aromatic heterocycles. The van der Waals surface area contributed by atoms with Crippen LogP contribution in [0.3, 0.4) is 0 Å². The van der Waals surface area contributed by atoms with Gasteiger partial charge in [-0.15, -0.1) is 0 Å². The molecular formula is C25H20FNO4. The van der Waals surface area contributed by atoms with Gasteiger partial charge in [0.15, 0.2) is 17.2 Å². The Bertz CT molecular complexity index is 1180. The molecule has 0 fully saturated rings. The zero-order chi connectivity index (χ0) is 21.8. The maximum Gasteiger partial charge on any atom is 0.363 e. The summed E-state index contributed by atoms with van der Waals surface area (Å²) in [6.07, 6.45) is 1.60. The summed E-state index contributed by atoms with van der Waals surface area (Å²) in [6.45, 7) is 2.44. The number of benzene rings is 3. The summed E-state index contributed by atoms with van der Waals surface area (Å²) < 4.78 is 29.7. The molecule has 6 heteroatoms. The number of carbonyl (C=O) groups excluding carboxylic acids is 1. The lowest BCUT2D eigenvalue weighted by Crippen LogP contribution is -2.05. The van der Waals surface area contributed by atoms with E-state index in [1.807, 2.05) is 25.1 Å². The van der Waals surface area contributed by atoms with Crippen molar-refractivity contribution in [1.82, 2.24) is 0 Å². The fraction of sp³-hybridized carbons (Fsp3) is 0.120. The SMILES string of the molecule is COc1cc(/C=C2\N=C(c3ccc(F)cc3)OC2=O)ccc1OCc1cccc(C)c1. The Kier molecular flexibility index (Phi) is 5.80. The van der Waals surface area contributed by atoms with Crippen LogP contribution in [0.15, 0.2) is 77.4 Å². The number of methoxy groups -OCH3 is 1. The van der Waals surface area contributed by atoms with Crippen molar-refractivity contribution in [2.75, 3.05) is 7.11 Å². The number of halogens is 1. The van der Waals surface area contributed by atoms with Gasteiger partial charge in [-0.25, -0.2) is 14.2 Å². The van der Waals surface area contributed by atoms with Crippen molar-refractivity contribution in [3.63, 3.8) is 0 Å². The van der Waals surface area contributed by atoms with Crippen molar-refractivity contribution in [1.29, 1.82) is 0 Å². The number of hydrogen-bond acceptors (Lipinski definition) is 5. The van der Waals surface area contributed by atoms with Crippen molar-refractivity contribution in [3.8, 4) is 11.5 Å². The van der Waals surface area contributed by atoms with E-state index in [-0.39, 0.29) is 17.4 Å². The van der Waals surface area contributed by atoms with E-state index in [4.69, 9.17) is 14.2 Å². The third-order valence-corrected chi connectivity index (χ3v) is 4.68. The summed E-state index contributed by atoms with van der Waals surface area (Å²) in [5.74, 6) is 0.326. The third kappa shape index (κ3) is 4.80. The predicted octanol–water partition coefficient (Wildman–Crippen LogP) is 5.07. The van der Waals surface area contributed by atoms with Gasteiger partial charge >= 0.3 is 5.97 Å². The molecule has 0 amide bonds. The molecule has 1 aliphatic rings. The average molecular weight is 417 g/mol. The molecule has 5 nitrogen and oxygen atoms in total. The Morgan fingerprint density at radius 2 is 1.84 bits per heavy atom. The molecule has 0 N–H and O–H groups in total. The second-order valence-corrected chi connectivity index (χ2v) is 7.03. The lowest BCUT2D eigenvalue weighted by atomic mass is 10.1. The monoisotopic (exact) mass is 417 g/mol. The Balaban J connectivity index is 1.53. The van der Waals surface area contributed by atoms with Gasteiger partial charge in [-0.1, -0.05) is 35.9 Å². The number of nitrogens with zero attached hydrogens (tertiary/aromatic N) is 1. The minimum absolute atomic E-state index is 0.140. The predicted molar refractivity (Wildman–Crippen MR) is 116 cm³/mol. The Morgan fingerprint density at radius 1 is 1.03 bits per heavy atom. The van der Waals surface area contributed by atoms with E-state index in [0.29, 0.717) is 29.2 Å². The molecule has 0 unspecified atom stereocenters. The molecule has 0 bridgehead atoms. The van der Waals surface area contributed by atoms with Gasteiger partial charge in [-0.2, -0.15) is 0 Å². The third-order valence-electron chi connectivity index (χ3n) is 4.68. The molecule has 3 aromatic carbocycles. The van der Waals surface area contributed by atoms with E-state index in [2.05, 4.69) is 11.1 Å². The molecular weight excluding hydrogens is 397 g/mol. The molecule has 0 saturated heterocycles. The van der Waals surface area contributed by atoms with Crippen LogP contribution in [0, 0.1) is 12.7 Å². The fourth-order valence-corrected chi connectivity index (χ4v) is 3.14. The smallest absolute Gasteiger partial charge is 0.363 e. The van der Waals surface area contributed by atoms with Crippen molar-refractivity contribution in [3.05, 3.63) is 100 Å².